The van der Waals surface area contributed by atoms with Crippen molar-refractivity contribution in [3.63, 3.8) is 0 Å². The summed E-state index contributed by atoms with van der Waals surface area (Å²) in [6.07, 6.45) is 0. The number of carbonyl (C=O) groups excluding carboxylic acids is 1. The summed E-state index contributed by atoms with van der Waals surface area (Å²) in [4.78, 5) is 41.6. The maximum absolute atomic E-state index is 12.1. The van der Waals surface area contributed by atoms with Crippen LogP contribution in [0.2, 0.25) is 0 Å². The molecule has 0 aliphatic carbocycles. The number of aromatic nitrogens is 2. The second kappa shape index (κ2) is 6.07. The number of carboxylic acid groups (broad SMARTS) is 1. The van der Waals surface area contributed by atoms with Crippen LogP contribution in [-0.4, -0.2) is 33.5 Å². The number of aromatic amines is 1. The number of nitrogens with zero attached hydrogens (tertiary/aromatic N) is 1. The van der Waals surface area contributed by atoms with Gasteiger partial charge < -0.3 is 15.4 Å². The minimum absolute atomic E-state index is 0.0476. The molecule has 0 aliphatic rings. The molecular weight excluding hydrogens is 274 g/mol. The third-order valence-electron chi connectivity index (χ3n) is 3.03. The van der Waals surface area contributed by atoms with Crippen molar-refractivity contribution in [2.24, 2.45) is 5.92 Å². The smallest absolute Gasteiger partial charge is 0.308 e. The highest BCUT2D eigenvalue weighted by Gasteiger charge is 2.22. The Morgan fingerprint density at radius 2 is 1.95 bits per heavy atom. The van der Waals surface area contributed by atoms with Crippen LogP contribution in [0.15, 0.2) is 4.79 Å². The number of rotatable bonds is 4. The predicted octanol–water partition coefficient (Wildman–Crippen LogP) is 0.826. The minimum atomic E-state index is -1.01. The summed E-state index contributed by atoms with van der Waals surface area (Å²) in [6.45, 7) is 8.71. The Balaban J connectivity index is 3.02. The van der Waals surface area contributed by atoms with Crippen LogP contribution in [0.1, 0.15) is 49.6 Å². The van der Waals surface area contributed by atoms with E-state index in [1.54, 1.807) is 6.92 Å². The average molecular weight is 295 g/mol. The van der Waals surface area contributed by atoms with E-state index < -0.39 is 23.4 Å². The van der Waals surface area contributed by atoms with Crippen LogP contribution < -0.4 is 10.9 Å². The van der Waals surface area contributed by atoms with Crippen molar-refractivity contribution in [2.75, 3.05) is 6.54 Å². The Kier molecular flexibility index (Phi) is 4.88. The quantitative estimate of drug-likeness (QED) is 0.761. The largest absolute Gasteiger partial charge is 0.481 e. The van der Waals surface area contributed by atoms with Crippen molar-refractivity contribution in [2.45, 2.75) is 40.0 Å². The first-order valence-corrected chi connectivity index (χ1v) is 6.66. The van der Waals surface area contributed by atoms with Crippen LogP contribution in [0.4, 0.5) is 0 Å². The molecule has 7 nitrogen and oxygen atoms in total. The summed E-state index contributed by atoms with van der Waals surface area (Å²) in [5.41, 5.74) is -0.617. The SMILES string of the molecule is Cc1nc(C(C)(C)C)[nH]c(=O)c1C(=O)NCC(C)C(=O)O. The number of hydrogen-bond donors (Lipinski definition) is 3. The summed E-state index contributed by atoms with van der Waals surface area (Å²) in [5, 5.41) is 11.2. The van der Waals surface area contributed by atoms with Gasteiger partial charge in [-0.25, -0.2) is 4.98 Å². The molecule has 1 unspecified atom stereocenters. The lowest BCUT2D eigenvalue weighted by Crippen LogP contribution is -2.36. The van der Waals surface area contributed by atoms with Gasteiger partial charge in [-0.2, -0.15) is 0 Å². The van der Waals surface area contributed by atoms with Gasteiger partial charge in [0.1, 0.15) is 11.4 Å². The van der Waals surface area contributed by atoms with E-state index in [0.29, 0.717) is 11.5 Å². The molecule has 0 aromatic carbocycles. The molecule has 7 heteroatoms. The number of aryl methyl sites for hydroxylation is 1. The molecule has 0 fully saturated rings. The molecule has 0 spiro atoms. The Morgan fingerprint density at radius 1 is 1.38 bits per heavy atom. The van der Waals surface area contributed by atoms with E-state index in [2.05, 4.69) is 15.3 Å². The highest BCUT2D eigenvalue weighted by molar-refractivity contribution is 5.95. The van der Waals surface area contributed by atoms with Gasteiger partial charge in [-0.05, 0) is 6.92 Å². The van der Waals surface area contributed by atoms with Gasteiger partial charge in [0.25, 0.3) is 11.5 Å². The maximum atomic E-state index is 12.1. The molecular formula is C14H21N3O4. The molecule has 0 radical (unpaired) electrons. The molecule has 0 saturated heterocycles. The molecule has 0 bridgehead atoms. The van der Waals surface area contributed by atoms with Crippen LogP contribution in [0.5, 0.6) is 0 Å². The second-order valence-corrected chi connectivity index (χ2v) is 6.07. The van der Waals surface area contributed by atoms with Crippen LogP contribution in [0, 0.1) is 12.8 Å². The van der Waals surface area contributed by atoms with Gasteiger partial charge in [-0.1, -0.05) is 27.7 Å². The topological polar surface area (TPSA) is 112 Å². The number of carboxylic acids is 1. The minimum Gasteiger partial charge on any atom is -0.481 e. The highest BCUT2D eigenvalue weighted by Crippen LogP contribution is 2.17. The number of amides is 1. The molecule has 0 saturated carbocycles. The lowest BCUT2D eigenvalue weighted by Gasteiger charge is -2.18. The average Bonchev–Trinajstić information content (AvgIpc) is 2.33. The van der Waals surface area contributed by atoms with Crippen molar-refractivity contribution in [3.8, 4) is 0 Å². The number of aliphatic carboxylic acids is 1. The molecule has 3 N–H and O–H groups in total. The first-order valence-electron chi connectivity index (χ1n) is 6.66. The van der Waals surface area contributed by atoms with Gasteiger partial charge in [-0.3, -0.25) is 14.4 Å². The summed E-state index contributed by atoms with van der Waals surface area (Å²) in [5.74, 6) is -1.85. The van der Waals surface area contributed by atoms with Gasteiger partial charge in [0.15, 0.2) is 0 Å². The number of nitrogens with one attached hydrogen (secondary N) is 2. The van der Waals surface area contributed by atoms with Crippen molar-refractivity contribution in [3.05, 3.63) is 27.4 Å². The fourth-order valence-corrected chi connectivity index (χ4v) is 1.63. The summed E-state index contributed by atoms with van der Waals surface area (Å²) < 4.78 is 0. The third-order valence-corrected chi connectivity index (χ3v) is 3.03. The summed E-state index contributed by atoms with van der Waals surface area (Å²) in [7, 11) is 0. The van der Waals surface area contributed by atoms with Gasteiger partial charge in [0, 0.05) is 12.0 Å². The zero-order chi connectivity index (χ0) is 16.4. The van der Waals surface area contributed by atoms with Gasteiger partial charge in [0.2, 0.25) is 0 Å². The fraction of sp³-hybridized carbons (Fsp3) is 0.571. The Morgan fingerprint density at radius 3 is 2.38 bits per heavy atom. The Hall–Kier alpha value is -2.18. The number of H-pyrrole nitrogens is 1. The molecule has 1 aromatic heterocycles. The Labute approximate surface area is 122 Å². The van der Waals surface area contributed by atoms with E-state index in [1.807, 2.05) is 20.8 Å². The van der Waals surface area contributed by atoms with Crippen LogP contribution in [0.25, 0.3) is 0 Å². The van der Waals surface area contributed by atoms with Crippen molar-refractivity contribution in [1.82, 2.24) is 15.3 Å². The first kappa shape index (κ1) is 16.9. The molecule has 21 heavy (non-hydrogen) atoms. The van der Waals surface area contributed by atoms with Gasteiger partial charge >= 0.3 is 5.97 Å². The predicted molar refractivity (Wildman–Crippen MR) is 77.4 cm³/mol. The van der Waals surface area contributed by atoms with E-state index in [9.17, 15) is 14.4 Å². The fourth-order valence-electron chi connectivity index (χ4n) is 1.63. The monoisotopic (exact) mass is 295 g/mol. The highest BCUT2D eigenvalue weighted by atomic mass is 16.4. The third kappa shape index (κ3) is 4.14. The van der Waals surface area contributed by atoms with E-state index in [1.165, 1.54) is 6.92 Å². The van der Waals surface area contributed by atoms with Crippen molar-refractivity contribution in [1.29, 1.82) is 0 Å². The summed E-state index contributed by atoms with van der Waals surface area (Å²) in [6, 6.07) is 0. The number of carbonyl (C=O) groups is 2. The van der Waals surface area contributed by atoms with E-state index in [0.717, 1.165) is 0 Å². The molecule has 1 aromatic rings. The van der Waals surface area contributed by atoms with Crippen molar-refractivity contribution < 1.29 is 14.7 Å². The molecule has 0 aliphatic heterocycles. The maximum Gasteiger partial charge on any atom is 0.308 e. The molecule has 1 atom stereocenters. The molecule has 116 valence electrons. The number of hydrogen-bond acceptors (Lipinski definition) is 4. The first-order chi connectivity index (χ1) is 9.54. The molecule has 1 amide bonds. The lowest BCUT2D eigenvalue weighted by molar-refractivity contribution is -0.140. The van der Waals surface area contributed by atoms with Crippen LogP contribution >= 0.6 is 0 Å². The van der Waals surface area contributed by atoms with Crippen LogP contribution in [0.3, 0.4) is 0 Å². The van der Waals surface area contributed by atoms with Crippen LogP contribution in [-0.2, 0) is 10.2 Å². The van der Waals surface area contributed by atoms with E-state index in [-0.39, 0.29) is 17.5 Å². The van der Waals surface area contributed by atoms with Gasteiger partial charge in [-0.15, -0.1) is 0 Å². The summed E-state index contributed by atoms with van der Waals surface area (Å²) >= 11 is 0. The lowest BCUT2D eigenvalue weighted by atomic mass is 9.95. The standard InChI is InChI=1S/C14H21N3O4/c1-7(12(20)21)6-15-10(18)9-8(2)16-13(14(3,4)5)17-11(9)19/h7H,6H2,1-5H3,(H,15,18)(H,20,21)(H,16,17,19). The molecule has 1 heterocycles. The zero-order valence-corrected chi connectivity index (χ0v) is 12.9. The van der Waals surface area contributed by atoms with Gasteiger partial charge in [0.05, 0.1) is 11.6 Å². The van der Waals surface area contributed by atoms with E-state index in [4.69, 9.17) is 5.11 Å². The Bertz CT molecular complexity index is 614. The zero-order valence-electron chi connectivity index (χ0n) is 12.9. The molecule has 1 rings (SSSR count). The normalized spacial score (nSPS) is 12.8. The van der Waals surface area contributed by atoms with E-state index >= 15 is 0 Å². The second-order valence-electron chi connectivity index (χ2n) is 6.07. The van der Waals surface area contributed by atoms with Crippen molar-refractivity contribution >= 4 is 11.9 Å².